The first-order valence-electron chi connectivity index (χ1n) is 8.79. The first-order chi connectivity index (χ1) is 12.6. The molecule has 4 rings (SSSR count). The number of hydrogen-bond donors (Lipinski definition) is 2. The second kappa shape index (κ2) is 7.95. The van der Waals surface area contributed by atoms with Crippen LogP contribution in [0.3, 0.4) is 0 Å². The van der Waals surface area contributed by atoms with E-state index in [-0.39, 0.29) is 42.0 Å². The molecule has 1 aliphatic carbocycles. The normalized spacial score (nSPS) is 20.1. The van der Waals surface area contributed by atoms with Crippen molar-refractivity contribution in [2.75, 3.05) is 13.1 Å². The van der Waals surface area contributed by atoms with Gasteiger partial charge in [0, 0.05) is 12.6 Å². The number of nitrogens with zero attached hydrogens (tertiary/aromatic N) is 4. The molecule has 1 saturated carbocycles. The molecule has 27 heavy (non-hydrogen) atoms. The van der Waals surface area contributed by atoms with Crippen molar-refractivity contribution in [3.8, 4) is 0 Å². The van der Waals surface area contributed by atoms with Crippen molar-refractivity contribution in [1.82, 2.24) is 25.2 Å². The van der Waals surface area contributed by atoms with Gasteiger partial charge in [-0.15, -0.1) is 17.5 Å². The third kappa shape index (κ3) is 4.15. The maximum Gasteiger partial charge on any atom is 0.276 e. The van der Waals surface area contributed by atoms with E-state index in [2.05, 4.69) is 21.0 Å². The predicted molar refractivity (Wildman–Crippen MR) is 104 cm³/mol. The molecule has 1 saturated heterocycles. The number of amides is 2. The lowest BCUT2D eigenvalue weighted by molar-refractivity contribution is -0.118. The van der Waals surface area contributed by atoms with Crippen LogP contribution in [0.1, 0.15) is 35.3 Å². The highest BCUT2D eigenvalue weighted by molar-refractivity contribution is 7.07. The molecule has 2 fully saturated rings. The lowest BCUT2D eigenvalue weighted by Crippen LogP contribution is -2.39. The standard InChI is InChI=1S/C17H22N6O2S.ClH/c18-15(24)10-22-9-13(20-21-22)16(25)23(8-12-1-6-26-11-12)14-7-17(14)2-4-19-5-3-17;/h1,6,9,11,14,19H,2-5,7-8,10H2,(H2,18,24);1H. The Morgan fingerprint density at radius 1 is 1.41 bits per heavy atom. The van der Waals surface area contributed by atoms with Gasteiger partial charge in [-0.1, -0.05) is 5.21 Å². The van der Waals surface area contributed by atoms with Crippen molar-refractivity contribution in [2.45, 2.75) is 38.4 Å². The van der Waals surface area contributed by atoms with E-state index in [4.69, 9.17) is 5.73 Å². The van der Waals surface area contributed by atoms with Gasteiger partial charge in [-0.05, 0) is 60.2 Å². The molecule has 0 aromatic carbocycles. The SMILES string of the molecule is Cl.NC(=O)Cn1cc(C(=O)N(Cc2ccsc2)C2CC23CCNCC3)nn1. The molecule has 1 spiro atoms. The Hall–Kier alpha value is -1.97. The van der Waals surface area contributed by atoms with Gasteiger partial charge in [0.25, 0.3) is 5.91 Å². The Labute approximate surface area is 167 Å². The Morgan fingerprint density at radius 2 is 2.19 bits per heavy atom. The van der Waals surface area contributed by atoms with Crippen LogP contribution in [0.15, 0.2) is 23.0 Å². The second-order valence-corrected chi connectivity index (χ2v) is 7.94. The van der Waals surface area contributed by atoms with Crippen LogP contribution in [0.5, 0.6) is 0 Å². The number of hydrogen-bond acceptors (Lipinski definition) is 6. The van der Waals surface area contributed by atoms with E-state index in [1.807, 2.05) is 16.3 Å². The van der Waals surface area contributed by atoms with Gasteiger partial charge in [0.2, 0.25) is 5.91 Å². The van der Waals surface area contributed by atoms with Crippen LogP contribution in [-0.2, 0) is 17.9 Å². The summed E-state index contributed by atoms with van der Waals surface area (Å²) in [5.41, 5.74) is 6.81. The van der Waals surface area contributed by atoms with Crippen LogP contribution in [0.4, 0.5) is 0 Å². The number of nitrogens with one attached hydrogen (secondary N) is 1. The summed E-state index contributed by atoms with van der Waals surface area (Å²) in [6, 6.07) is 2.28. The van der Waals surface area contributed by atoms with Gasteiger partial charge in [-0.3, -0.25) is 9.59 Å². The number of piperidine rings is 1. The Kier molecular flexibility index (Phi) is 5.83. The molecule has 3 heterocycles. The summed E-state index contributed by atoms with van der Waals surface area (Å²) in [7, 11) is 0. The molecule has 1 aliphatic heterocycles. The molecule has 3 N–H and O–H groups in total. The third-order valence-corrected chi connectivity index (χ3v) is 6.12. The number of carbonyl (C=O) groups excluding carboxylic acids is 2. The van der Waals surface area contributed by atoms with E-state index in [1.165, 1.54) is 10.9 Å². The molecule has 2 amide bonds. The van der Waals surface area contributed by atoms with Crippen molar-refractivity contribution < 1.29 is 9.59 Å². The fourth-order valence-electron chi connectivity index (χ4n) is 3.91. The van der Waals surface area contributed by atoms with Crippen molar-refractivity contribution in [1.29, 1.82) is 0 Å². The molecule has 2 aromatic heterocycles. The smallest absolute Gasteiger partial charge is 0.276 e. The first-order valence-corrected chi connectivity index (χ1v) is 9.73. The second-order valence-electron chi connectivity index (χ2n) is 7.16. The van der Waals surface area contributed by atoms with Gasteiger partial charge in [-0.25, -0.2) is 4.68 Å². The van der Waals surface area contributed by atoms with E-state index in [9.17, 15) is 9.59 Å². The molecular formula is C17H23ClN6O2S. The molecule has 1 unspecified atom stereocenters. The van der Waals surface area contributed by atoms with Gasteiger partial charge in [0.1, 0.15) is 6.54 Å². The minimum absolute atomic E-state index is 0. The van der Waals surface area contributed by atoms with Crippen LogP contribution < -0.4 is 11.1 Å². The Balaban J connectivity index is 0.00000210. The lowest BCUT2D eigenvalue weighted by Gasteiger charge is -2.29. The topological polar surface area (TPSA) is 106 Å². The summed E-state index contributed by atoms with van der Waals surface area (Å²) in [4.78, 5) is 26.1. The largest absolute Gasteiger partial charge is 0.368 e. The minimum Gasteiger partial charge on any atom is -0.368 e. The number of carbonyl (C=O) groups is 2. The zero-order valence-corrected chi connectivity index (χ0v) is 16.5. The van der Waals surface area contributed by atoms with Crippen LogP contribution >= 0.6 is 23.7 Å². The molecule has 8 nitrogen and oxygen atoms in total. The summed E-state index contributed by atoms with van der Waals surface area (Å²) in [5.74, 6) is -0.646. The van der Waals surface area contributed by atoms with Gasteiger partial charge in [0.05, 0.1) is 6.20 Å². The van der Waals surface area contributed by atoms with E-state index >= 15 is 0 Å². The highest BCUT2D eigenvalue weighted by Crippen LogP contribution is 2.56. The maximum atomic E-state index is 13.2. The number of aromatic nitrogens is 3. The molecule has 0 bridgehead atoms. The number of primary amides is 1. The minimum atomic E-state index is -0.514. The molecule has 2 aromatic rings. The summed E-state index contributed by atoms with van der Waals surface area (Å²) < 4.78 is 1.31. The summed E-state index contributed by atoms with van der Waals surface area (Å²) in [6.07, 6.45) is 4.74. The van der Waals surface area contributed by atoms with Crippen molar-refractivity contribution in [3.63, 3.8) is 0 Å². The van der Waals surface area contributed by atoms with Gasteiger partial charge < -0.3 is 16.0 Å². The van der Waals surface area contributed by atoms with Gasteiger partial charge in [0.15, 0.2) is 5.69 Å². The average molecular weight is 411 g/mol. The highest BCUT2D eigenvalue weighted by Gasteiger charge is 2.58. The Bertz CT molecular complexity index is 802. The number of thiophene rings is 1. The molecule has 10 heteroatoms. The molecule has 2 aliphatic rings. The van der Waals surface area contributed by atoms with E-state index in [1.54, 1.807) is 11.3 Å². The van der Waals surface area contributed by atoms with Crippen molar-refractivity contribution in [3.05, 3.63) is 34.3 Å². The zero-order valence-electron chi connectivity index (χ0n) is 14.8. The monoisotopic (exact) mass is 410 g/mol. The first kappa shape index (κ1) is 19.8. The maximum absolute atomic E-state index is 13.2. The third-order valence-electron chi connectivity index (χ3n) is 5.39. The van der Waals surface area contributed by atoms with Crippen LogP contribution in [0.2, 0.25) is 0 Å². The van der Waals surface area contributed by atoms with Crippen molar-refractivity contribution in [2.24, 2.45) is 11.1 Å². The van der Waals surface area contributed by atoms with Crippen molar-refractivity contribution >= 4 is 35.6 Å². The van der Waals surface area contributed by atoms with Crippen LogP contribution in [0.25, 0.3) is 0 Å². The fourth-order valence-corrected chi connectivity index (χ4v) is 4.57. The zero-order chi connectivity index (χ0) is 18.1. The molecule has 1 atom stereocenters. The van der Waals surface area contributed by atoms with E-state index in [0.717, 1.165) is 37.9 Å². The quantitative estimate of drug-likeness (QED) is 0.739. The summed E-state index contributed by atoms with van der Waals surface area (Å²) >= 11 is 1.63. The summed E-state index contributed by atoms with van der Waals surface area (Å²) in [5, 5.41) is 15.3. The van der Waals surface area contributed by atoms with E-state index < -0.39 is 5.91 Å². The van der Waals surface area contributed by atoms with Gasteiger partial charge >= 0.3 is 0 Å². The number of nitrogens with two attached hydrogens (primary N) is 1. The Morgan fingerprint density at radius 3 is 2.85 bits per heavy atom. The lowest BCUT2D eigenvalue weighted by atomic mass is 9.93. The predicted octanol–water partition coefficient (Wildman–Crippen LogP) is 1.03. The van der Waals surface area contributed by atoms with Gasteiger partial charge in [-0.2, -0.15) is 11.3 Å². The fraction of sp³-hybridized carbons (Fsp3) is 0.529. The van der Waals surface area contributed by atoms with E-state index in [0.29, 0.717) is 6.54 Å². The summed E-state index contributed by atoms with van der Waals surface area (Å²) in [6.45, 7) is 2.51. The molecule has 146 valence electrons. The molecular weight excluding hydrogens is 388 g/mol. The molecule has 0 radical (unpaired) electrons. The van der Waals surface area contributed by atoms with Crippen LogP contribution in [-0.4, -0.2) is 50.8 Å². The number of halogens is 1. The highest BCUT2D eigenvalue weighted by atomic mass is 35.5. The average Bonchev–Trinajstić information content (AvgIpc) is 3.01. The number of rotatable bonds is 6. The van der Waals surface area contributed by atoms with Crippen LogP contribution in [0, 0.1) is 5.41 Å².